The summed E-state index contributed by atoms with van der Waals surface area (Å²) in [6.45, 7) is 0. The van der Waals surface area contributed by atoms with E-state index in [4.69, 9.17) is 11.6 Å². The third-order valence-corrected chi connectivity index (χ3v) is 4.62. The highest BCUT2D eigenvalue weighted by Gasteiger charge is 2.36. The number of fused-ring (bicyclic) bond motifs is 2. The zero-order valence-corrected chi connectivity index (χ0v) is 13.1. The highest BCUT2D eigenvalue weighted by molar-refractivity contribution is 6.30. The first-order valence-corrected chi connectivity index (χ1v) is 7.30. The molecule has 2 heterocycles. The molecule has 0 saturated carbocycles. The van der Waals surface area contributed by atoms with Crippen molar-refractivity contribution in [1.29, 1.82) is 0 Å². The van der Waals surface area contributed by atoms with Gasteiger partial charge < -0.3 is 10.2 Å². The lowest BCUT2D eigenvalue weighted by Crippen LogP contribution is -2.48. The molecule has 2 aliphatic heterocycles. The van der Waals surface area contributed by atoms with Gasteiger partial charge in [0.1, 0.15) is 0 Å². The number of hydrogen-bond donors (Lipinski definition) is 1. The molecular formula is C15H20Cl2N2O. The predicted octanol–water partition coefficient (Wildman–Crippen LogP) is 3.12. The number of rotatable bonds is 2. The van der Waals surface area contributed by atoms with Crippen LogP contribution in [0, 0.1) is 0 Å². The maximum absolute atomic E-state index is 12.5. The van der Waals surface area contributed by atoms with Crippen molar-refractivity contribution in [3.8, 4) is 0 Å². The van der Waals surface area contributed by atoms with E-state index in [0.717, 1.165) is 12.8 Å². The van der Waals surface area contributed by atoms with Crippen LogP contribution in [-0.2, 0) is 0 Å². The quantitative estimate of drug-likeness (QED) is 0.909. The molecule has 1 aromatic carbocycles. The average Bonchev–Trinajstić information content (AvgIpc) is 2.76. The molecule has 1 amide bonds. The van der Waals surface area contributed by atoms with E-state index in [-0.39, 0.29) is 18.3 Å². The second-order valence-electron chi connectivity index (χ2n) is 5.69. The van der Waals surface area contributed by atoms with E-state index in [1.54, 1.807) is 12.1 Å². The lowest BCUT2D eigenvalue weighted by Gasteiger charge is -2.35. The monoisotopic (exact) mass is 314 g/mol. The van der Waals surface area contributed by atoms with Gasteiger partial charge in [0.15, 0.2) is 0 Å². The second kappa shape index (κ2) is 6.33. The van der Waals surface area contributed by atoms with Crippen LogP contribution >= 0.6 is 24.0 Å². The first kappa shape index (κ1) is 15.6. The Morgan fingerprint density at radius 3 is 2.55 bits per heavy atom. The maximum atomic E-state index is 12.5. The van der Waals surface area contributed by atoms with Crippen LogP contribution in [0.1, 0.15) is 36.0 Å². The van der Waals surface area contributed by atoms with Crippen LogP contribution in [0.2, 0.25) is 5.02 Å². The van der Waals surface area contributed by atoms with Crippen molar-refractivity contribution in [1.82, 2.24) is 10.2 Å². The Hall–Kier alpha value is -0.770. The summed E-state index contributed by atoms with van der Waals surface area (Å²) < 4.78 is 0. The van der Waals surface area contributed by atoms with Crippen LogP contribution in [0.4, 0.5) is 0 Å². The van der Waals surface area contributed by atoms with E-state index in [2.05, 4.69) is 5.32 Å². The summed E-state index contributed by atoms with van der Waals surface area (Å²) in [6.07, 6.45) is 4.64. The molecule has 0 aliphatic carbocycles. The molecule has 0 radical (unpaired) electrons. The summed E-state index contributed by atoms with van der Waals surface area (Å²) >= 11 is 5.95. The molecule has 5 heteroatoms. The van der Waals surface area contributed by atoms with Crippen molar-refractivity contribution in [2.75, 3.05) is 7.05 Å². The predicted molar refractivity (Wildman–Crippen MR) is 83.8 cm³/mol. The molecule has 3 nitrogen and oxygen atoms in total. The molecule has 2 aliphatic rings. The zero-order chi connectivity index (χ0) is 13.4. The van der Waals surface area contributed by atoms with Gasteiger partial charge in [0.25, 0.3) is 5.91 Å². The summed E-state index contributed by atoms with van der Waals surface area (Å²) in [4.78, 5) is 14.4. The lowest BCUT2D eigenvalue weighted by molar-refractivity contribution is 0.0681. The minimum Gasteiger partial charge on any atom is -0.339 e. The lowest BCUT2D eigenvalue weighted by atomic mass is 9.98. The van der Waals surface area contributed by atoms with Gasteiger partial charge in [-0.2, -0.15) is 0 Å². The Bertz CT molecular complexity index is 483. The van der Waals surface area contributed by atoms with Gasteiger partial charge in [0.2, 0.25) is 0 Å². The standard InChI is InChI=1S/C15H19ClN2O.ClH/c1-18(14-8-12-5-6-13(9-14)17-12)15(19)10-3-2-4-11(16)7-10;/h2-4,7,12-14,17H,5-6,8-9H2,1H3;1H. The smallest absolute Gasteiger partial charge is 0.253 e. The topological polar surface area (TPSA) is 32.3 Å². The van der Waals surface area contributed by atoms with Crippen LogP contribution < -0.4 is 5.32 Å². The SMILES string of the molecule is CN(C(=O)c1cccc(Cl)c1)C1CC2CCC(C1)N2.Cl. The van der Waals surface area contributed by atoms with Gasteiger partial charge in [-0.1, -0.05) is 17.7 Å². The van der Waals surface area contributed by atoms with Crippen molar-refractivity contribution >= 4 is 29.9 Å². The highest BCUT2D eigenvalue weighted by Crippen LogP contribution is 2.29. The first-order chi connectivity index (χ1) is 9.13. The number of nitrogens with zero attached hydrogens (tertiary/aromatic N) is 1. The maximum Gasteiger partial charge on any atom is 0.253 e. The fourth-order valence-electron chi connectivity index (χ4n) is 3.33. The Kier molecular flexibility index (Phi) is 4.95. The Morgan fingerprint density at radius 2 is 1.95 bits per heavy atom. The molecule has 0 aromatic heterocycles. The highest BCUT2D eigenvalue weighted by atomic mass is 35.5. The van der Waals surface area contributed by atoms with Crippen LogP contribution in [0.3, 0.4) is 0 Å². The average molecular weight is 315 g/mol. The van der Waals surface area contributed by atoms with Crippen LogP contribution in [0.25, 0.3) is 0 Å². The number of nitrogens with one attached hydrogen (secondary N) is 1. The van der Waals surface area contributed by atoms with Gasteiger partial charge in [-0.25, -0.2) is 0 Å². The number of hydrogen-bond acceptors (Lipinski definition) is 2. The van der Waals surface area contributed by atoms with Crippen molar-refractivity contribution in [3.63, 3.8) is 0 Å². The first-order valence-electron chi connectivity index (χ1n) is 6.92. The molecule has 1 aromatic rings. The molecule has 20 heavy (non-hydrogen) atoms. The number of piperidine rings is 1. The molecule has 2 fully saturated rings. The largest absolute Gasteiger partial charge is 0.339 e. The van der Waals surface area contributed by atoms with E-state index in [9.17, 15) is 4.79 Å². The Morgan fingerprint density at radius 1 is 1.30 bits per heavy atom. The van der Waals surface area contributed by atoms with Gasteiger partial charge >= 0.3 is 0 Å². The number of halogens is 2. The van der Waals surface area contributed by atoms with E-state index in [1.807, 2.05) is 24.1 Å². The summed E-state index contributed by atoms with van der Waals surface area (Å²) in [5.41, 5.74) is 0.681. The van der Waals surface area contributed by atoms with Gasteiger partial charge in [-0.05, 0) is 43.9 Å². The Labute approximate surface area is 131 Å². The Balaban J connectivity index is 0.00000147. The molecule has 0 spiro atoms. The summed E-state index contributed by atoms with van der Waals surface area (Å²) in [7, 11) is 1.92. The second-order valence-corrected chi connectivity index (χ2v) is 6.13. The summed E-state index contributed by atoms with van der Waals surface area (Å²) in [5, 5.41) is 4.22. The zero-order valence-electron chi connectivity index (χ0n) is 11.5. The molecule has 2 bridgehead atoms. The molecule has 3 rings (SSSR count). The molecule has 2 atom stereocenters. The molecule has 110 valence electrons. The third kappa shape index (κ3) is 3.11. The number of carbonyl (C=O) groups is 1. The van der Waals surface area contributed by atoms with Gasteiger partial charge in [0.05, 0.1) is 0 Å². The number of amides is 1. The third-order valence-electron chi connectivity index (χ3n) is 4.39. The molecular weight excluding hydrogens is 295 g/mol. The van der Waals surface area contributed by atoms with Gasteiger partial charge in [-0.15, -0.1) is 12.4 Å². The van der Waals surface area contributed by atoms with Gasteiger partial charge in [-0.3, -0.25) is 4.79 Å². The van der Waals surface area contributed by atoms with E-state index < -0.39 is 0 Å². The molecule has 2 unspecified atom stereocenters. The normalized spacial score (nSPS) is 27.8. The van der Waals surface area contributed by atoms with E-state index >= 15 is 0 Å². The minimum atomic E-state index is 0. The molecule has 2 saturated heterocycles. The molecule has 1 N–H and O–H groups in total. The minimum absolute atomic E-state index is 0. The fourth-order valence-corrected chi connectivity index (χ4v) is 3.52. The summed E-state index contributed by atoms with van der Waals surface area (Å²) in [6, 6.07) is 8.75. The van der Waals surface area contributed by atoms with Gasteiger partial charge in [0, 0.05) is 35.8 Å². The van der Waals surface area contributed by atoms with Crippen molar-refractivity contribution in [2.24, 2.45) is 0 Å². The van der Waals surface area contributed by atoms with Crippen LogP contribution in [0.5, 0.6) is 0 Å². The number of benzene rings is 1. The van der Waals surface area contributed by atoms with E-state index in [0.29, 0.717) is 28.7 Å². The van der Waals surface area contributed by atoms with Crippen molar-refractivity contribution in [3.05, 3.63) is 34.9 Å². The summed E-state index contributed by atoms with van der Waals surface area (Å²) in [5.74, 6) is 0.0776. The van der Waals surface area contributed by atoms with Crippen molar-refractivity contribution < 1.29 is 4.79 Å². The van der Waals surface area contributed by atoms with Crippen LogP contribution in [0.15, 0.2) is 24.3 Å². The number of carbonyl (C=O) groups excluding carboxylic acids is 1. The van der Waals surface area contributed by atoms with Crippen molar-refractivity contribution in [2.45, 2.75) is 43.8 Å². The van der Waals surface area contributed by atoms with E-state index in [1.165, 1.54) is 12.8 Å². The fraction of sp³-hybridized carbons (Fsp3) is 0.533. The van der Waals surface area contributed by atoms with Crippen LogP contribution in [-0.4, -0.2) is 36.0 Å².